The van der Waals surface area contributed by atoms with Crippen molar-refractivity contribution >= 4 is 17.9 Å². The highest BCUT2D eigenvalue weighted by atomic mass is 16.4. The van der Waals surface area contributed by atoms with E-state index in [9.17, 15) is 14.4 Å². The molecule has 0 aromatic heterocycles. The van der Waals surface area contributed by atoms with Crippen molar-refractivity contribution in [2.45, 2.75) is 32.2 Å². The minimum Gasteiger partial charge on any atom is -0.480 e. The number of carbonyl (C=O) groups excluding carboxylic acids is 2. The van der Waals surface area contributed by atoms with Crippen LogP contribution in [0.2, 0.25) is 0 Å². The molecule has 0 rings (SSSR count). The minimum atomic E-state index is -1.30. The normalized spacial score (nSPS) is 13.3. The van der Waals surface area contributed by atoms with Crippen LogP contribution in [0.15, 0.2) is 0 Å². The average molecular weight is 259 g/mol. The summed E-state index contributed by atoms with van der Waals surface area (Å²) in [4.78, 5) is 35.1. The monoisotopic (exact) mass is 259 g/mol. The van der Waals surface area contributed by atoms with Gasteiger partial charge in [0.2, 0.25) is 5.91 Å². The highest BCUT2D eigenvalue weighted by Crippen LogP contribution is 2.08. The third kappa shape index (κ3) is 5.03. The number of urea groups is 1. The van der Waals surface area contributed by atoms with Crippen molar-refractivity contribution < 1.29 is 19.5 Å². The number of hydrogen-bond acceptors (Lipinski definition) is 3. The Balaban J connectivity index is 4.12. The Bertz CT molecular complexity index is 330. The van der Waals surface area contributed by atoms with Crippen LogP contribution in [0.4, 0.5) is 4.79 Å². The van der Waals surface area contributed by atoms with Crippen LogP contribution in [-0.4, -0.2) is 54.1 Å². The largest absolute Gasteiger partial charge is 0.480 e. The Morgan fingerprint density at radius 1 is 1.28 bits per heavy atom. The quantitative estimate of drug-likeness (QED) is 0.626. The Hall–Kier alpha value is -1.79. The first kappa shape index (κ1) is 16.2. The van der Waals surface area contributed by atoms with Crippen molar-refractivity contribution in [3.8, 4) is 0 Å². The van der Waals surface area contributed by atoms with Gasteiger partial charge in [-0.25, -0.2) is 9.59 Å². The van der Waals surface area contributed by atoms with E-state index in [0.717, 1.165) is 0 Å². The van der Waals surface area contributed by atoms with Crippen LogP contribution in [0.1, 0.15) is 26.7 Å². The first-order valence-corrected chi connectivity index (χ1v) is 5.72. The molecule has 0 aliphatic carbocycles. The number of carbonyl (C=O) groups is 3. The molecule has 0 aromatic rings. The van der Waals surface area contributed by atoms with Crippen molar-refractivity contribution in [3.63, 3.8) is 0 Å². The summed E-state index contributed by atoms with van der Waals surface area (Å²) in [6, 6.07) is -0.590. The zero-order valence-electron chi connectivity index (χ0n) is 11.2. The van der Waals surface area contributed by atoms with E-state index in [1.807, 2.05) is 0 Å². The second-order valence-corrected chi connectivity index (χ2v) is 4.41. The molecule has 0 saturated heterocycles. The van der Waals surface area contributed by atoms with E-state index in [1.54, 1.807) is 21.0 Å². The van der Waals surface area contributed by atoms with Gasteiger partial charge in [-0.1, -0.05) is 6.92 Å². The van der Waals surface area contributed by atoms with E-state index in [1.165, 1.54) is 11.8 Å². The number of hydrogen-bond donors (Lipinski definition) is 3. The molecular formula is C11H21N3O4. The highest BCUT2D eigenvalue weighted by Gasteiger charge is 2.32. The third-order valence-electron chi connectivity index (χ3n) is 2.69. The molecule has 0 radical (unpaired) electrons. The SMILES string of the molecule is CCC(C)(NC(=O)NCCC(=O)N(C)C)C(=O)O. The van der Waals surface area contributed by atoms with Crippen LogP contribution >= 0.6 is 0 Å². The summed E-state index contributed by atoms with van der Waals surface area (Å²) in [7, 11) is 3.25. The molecule has 7 nitrogen and oxygen atoms in total. The van der Waals surface area contributed by atoms with E-state index < -0.39 is 17.5 Å². The molecule has 18 heavy (non-hydrogen) atoms. The summed E-state index contributed by atoms with van der Waals surface area (Å²) in [5.74, 6) is -1.20. The van der Waals surface area contributed by atoms with E-state index in [4.69, 9.17) is 5.11 Å². The van der Waals surface area contributed by atoms with Gasteiger partial charge in [0.15, 0.2) is 0 Å². The molecule has 0 heterocycles. The number of carboxylic acids is 1. The van der Waals surface area contributed by atoms with Gasteiger partial charge in [-0.15, -0.1) is 0 Å². The summed E-state index contributed by atoms with van der Waals surface area (Å²) in [5, 5.41) is 13.8. The van der Waals surface area contributed by atoms with Crippen molar-refractivity contribution in [2.75, 3.05) is 20.6 Å². The maximum absolute atomic E-state index is 11.5. The number of nitrogens with zero attached hydrogens (tertiary/aromatic N) is 1. The van der Waals surface area contributed by atoms with E-state index in [-0.39, 0.29) is 25.3 Å². The topological polar surface area (TPSA) is 98.7 Å². The first-order valence-electron chi connectivity index (χ1n) is 5.72. The molecule has 7 heteroatoms. The first-order chi connectivity index (χ1) is 8.23. The van der Waals surface area contributed by atoms with Crippen LogP contribution in [0.25, 0.3) is 0 Å². The Kier molecular flexibility index (Phi) is 6.15. The zero-order valence-corrected chi connectivity index (χ0v) is 11.2. The summed E-state index contributed by atoms with van der Waals surface area (Å²) >= 11 is 0. The molecule has 0 fully saturated rings. The Morgan fingerprint density at radius 3 is 2.22 bits per heavy atom. The molecule has 0 saturated carbocycles. The van der Waals surface area contributed by atoms with Crippen LogP contribution in [-0.2, 0) is 9.59 Å². The lowest BCUT2D eigenvalue weighted by Crippen LogP contribution is -2.55. The van der Waals surface area contributed by atoms with Gasteiger partial charge in [0.1, 0.15) is 5.54 Å². The zero-order chi connectivity index (χ0) is 14.3. The molecule has 0 spiro atoms. The summed E-state index contributed by atoms with van der Waals surface area (Å²) in [6.45, 7) is 3.27. The maximum atomic E-state index is 11.5. The molecule has 3 amide bonds. The fraction of sp³-hybridized carbons (Fsp3) is 0.727. The minimum absolute atomic E-state index is 0.105. The van der Waals surface area contributed by atoms with Gasteiger partial charge in [0.05, 0.1) is 0 Å². The van der Waals surface area contributed by atoms with Crippen molar-refractivity contribution in [2.24, 2.45) is 0 Å². The van der Waals surface area contributed by atoms with Crippen LogP contribution in [0.5, 0.6) is 0 Å². The van der Waals surface area contributed by atoms with Gasteiger partial charge in [-0.3, -0.25) is 4.79 Å². The second kappa shape index (κ2) is 6.83. The predicted octanol–water partition coefficient (Wildman–Crippen LogP) is 0.0172. The molecule has 0 bridgehead atoms. The molecule has 0 aliphatic rings. The number of amides is 3. The van der Waals surface area contributed by atoms with Gasteiger partial charge < -0.3 is 20.6 Å². The standard InChI is InChI=1S/C11H21N3O4/c1-5-11(2,9(16)17)13-10(18)12-7-6-8(15)14(3)4/h5-7H2,1-4H3,(H,16,17)(H2,12,13,18). The number of aliphatic carboxylic acids is 1. The number of carboxylic acid groups (broad SMARTS) is 1. The van der Waals surface area contributed by atoms with Crippen molar-refractivity contribution in [3.05, 3.63) is 0 Å². The fourth-order valence-electron chi connectivity index (χ4n) is 1.09. The lowest BCUT2D eigenvalue weighted by Gasteiger charge is -2.24. The van der Waals surface area contributed by atoms with E-state index >= 15 is 0 Å². The van der Waals surface area contributed by atoms with E-state index in [2.05, 4.69) is 10.6 Å². The highest BCUT2D eigenvalue weighted by molar-refractivity contribution is 5.86. The van der Waals surface area contributed by atoms with Gasteiger partial charge in [-0.05, 0) is 13.3 Å². The van der Waals surface area contributed by atoms with Crippen molar-refractivity contribution in [1.29, 1.82) is 0 Å². The molecule has 1 atom stereocenters. The fourth-order valence-corrected chi connectivity index (χ4v) is 1.09. The third-order valence-corrected chi connectivity index (χ3v) is 2.69. The molecular weight excluding hydrogens is 238 g/mol. The van der Waals surface area contributed by atoms with Crippen molar-refractivity contribution in [1.82, 2.24) is 15.5 Å². The van der Waals surface area contributed by atoms with Gasteiger partial charge in [0, 0.05) is 27.1 Å². The molecule has 3 N–H and O–H groups in total. The Morgan fingerprint density at radius 2 is 1.83 bits per heavy atom. The smallest absolute Gasteiger partial charge is 0.329 e. The lowest BCUT2D eigenvalue weighted by molar-refractivity contribution is -0.143. The summed E-state index contributed by atoms with van der Waals surface area (Å²) in [6.07, 6.45) is 0.447. The second-order valence-electron chi connectivity index (χ2n) is 4.41. The molecule has 0 aromatic carbocycles. The maximum Gasteiger partial charge on any atom is 0.329 e. The number of rotatable bonds is 6. The Labute approximate surface area is 107 Å². The molecule has 1 unspecified atom stereocenters. The van der Waals surface area contributed by atoms with Crippen LogP contribution < -0.4 is 10.6 Å². The summed E-state index contributed by atoms with van der Waals surface area (Å²) < 4.78 is 0. The van der Waals surface area contributed by atoms with Gasteiger partial charge in [-0.2, -0.15) is 0 Å². The predicted molar refractivity (Wildman–Crippen MR) is 66.2 cm³/mol. The lowest BCUT2D eigenvalue weighted by atomic mass is 10.00. The van der Waals surface area contributed by atoms with Gasteiger partial charge in [0.25, 0.3) is 0 Å². The average Bonchev–Trinajstić information content (AvgIpc) is 2.28. The number of nitrogens with one attached hydrogen (secondary N) is 2. The van der Waals surface area contributed by atoms with Crippen LogP contribution in [0, 0.1) is 0 Å². The van der Waals surface area contributed by atoms with Gasteiger partial charge >= 0.3 is 12.0 Å². The van der Waals surface area contributed by atoms with E-state index in [0.29, 0.717) is 0 Å². The van der Waals surface area contributed by atoms with Crippen LogP contribution in [0.3, 0.4) is 0 Å². The molecule has 0 aliphatic heterocycles. The summed E-state index contributed by atoms with van der Waals surface area (Å²) in [5.41, 5.74) is -1.30. The molecule has 104 valence electrons.